The second-order valence-electron chi connectivity index (χ2n) is 8.16. The molecule has 7 nitrogen and oxygen atoms in total. The van der Waals surface area contributed by atoms with E-state index in [4.69, 9.17) is 9.47 Å². The molecule has 0 atom stereocenters. The van der Waals surface area contributed by atoms with Crippen molar-refractivity contribution in [3.05, 3.63) is 61.4 Å². The zero-order valence-corrected chi connectivity index (χ0v) is 23.1. The SMILES string of the molecule is COc1cc(/C=C2\SC(=O)N(CC(=O)N3CCCCC3)C2=O)cc(Br)c1OCc1ccc(Br)cc1. The number of thioether (sulfide) groups is 1. The molecule has 2 aromatic carbocycles. The van der Waals surface area contributed by atoms with Crippen LogP contribution in [0.4, 0.5) is 4.79 Å². The van der Waals surface area contributed by atoms with E-state index in [0.717, 1.165) is 46.0 Å². The van der Waals surface area contributed by atoms with Crippen LogP contribution in [0, 0.1) is 0 Å². The molecule has 2 aromatic rings. The second-order valence-corrected chi connectivity index (χ2v) is 10.9. The Hall–Kier alpha value is -2.30. The first-order valence-electron chi connectivity index (χ1n) is 11.1. The van der Waals surface area contributed by atoms with Crippen LogP contribution in [-0.4, -0.2) is 53.6 Å². The lowest BCUT2D eigenvalue weighted by Crippen LogP contribution is -2.44. The molecule has 4 rings (SSSR count). The number of amides is 3. The molecule has 0 unspecified atom stereocenters. The van der Waals surface area contributed by atoms with E-state index in [0.29, 0.717) is 41.2 Å². The molecule has 184 valence electrons. The minimum Gasteiger partial charge on any atom is -0.493 e. The van der Waals surface area contributed by atoms with Crippen molar-refractivity contribution in [3.8, 4) is 11.5 Å². The molecule has 0 radical (unpaired) electrons. The Labute approximate surface area is 225 Å². The first-order valence-corrected chi connectivity index (χ1v) is 13.5. The number of hydrogen-bond donors (Lipinski definition) is 0. The Bertz CT molecular complexity index is 1160. The summed E-state index contributed by atoms with van der Waals surface area (Å²) in [4.78, 5) is 41.0. The zero-order chi connectivity index (χ0) is 24.9. The van der Waals surface area contributed by atoms with E-state index in [1.807, 2.05) is 24.3 Å². The summed E-state index contributed by atoms with van der Waals surface area (Å²) in [5.74, 6) is 0.371. The number of carbonyl (C=O) groups excluding carboxylic acids is 3. The maximum atomic E-state index is 12.9. The highest BCUT2D eigenvalue weighted by molar-refractivity contribution is 9.10. The summed E-state index contributed by atoms with van der Waals surface area (Å²) in [7, 11) is 1.54. The van der Waals surface area contributed by atoms with E-state index in [2.05, 4.69) is 31.9 Å². The van der Waals surface area contributed by atoms with Gasteiger partial charge in [0.05, 0.1) is 16.5 Å². The van der Waals surface area contributed by atoms with E-state index in [9.17, 15) is 14.4 Å². The molecule has 0 N–H and O–H groups in total. The lowest BCUT2D eigenvalue weighted by molar-refractivity contribution is -0.136. The molecule has 0 aromatic heterocycles. The average Bonchev–Trinajstić information content (AvgIpc) is 3.11. The van der Waals surface area contributed by atoms with Gasteiger partial charge in [-0.05, 0) is 88.4 Å². The van der Waals surface area contributed by atoms with Crippen LogP contribution in [0.1, 0.15) is 30.4 Å². The molecule has 2 fully saturated rings. The molecule has 0 aliphatic carbocycles. The summed E-state index contributed by atoms with van der Waals surface area (Å²) >= 11 is 7.78. The Morgan fingerprint density at radius 2 is 1.80 bits per heavy atom. The van der Waals surface area contributed by atoms with Gasteiger partial charge in [0.25, 0.3) is 11.1 Å². The van der Waals surface area contributed by atoms with E-state index in [-0.39, 0.29) is 17.4 Å². The summed E-state index contributed by atoms with van der Waals surface area (Å²) in [6, 6.07) is 11.4. The van der Waals surface area contributed by atoms with E-state index >= 15 is 0 Å². The predicted octanol–water partition coefficient (Wildman–Crippen LogP) is 5.85. The Morgan fingerprint density at radius 3 is 2.49 bits per heavy atom. The number of halogens is 2. The topological polar surface area (TPSA) is 76.2 Å². The van der Waals surface area contributed by atoms with Crippen molar-refractivity contribution in [1.82, 2.24) is 9.80 Å². The maximum absolute atomic E-state index is 12.9. The van der Waals surface area contributed by atoms with Crippen LogP contribution in [0.3, 0.4) is 0 Å². The lowest BCUT2D eigenvalue weighted by atomic mass is 10.1. The molecule has 2 heterocycles. The lowest BCUT2D eigenvalue weighted by Gasteiger charge is -2.27. The van der Waals surface area contributed by atoms with Gasteiger partial charge in [-0.25, -0.2) is 0 Å². The first-order chi connectivity index (χ1) is 16.9. The highest BCUT2D eigenvalue weighted by atomic mass is 79.9. The molecular formula is C25H24Br2N2O5S. The smallest absolute Gasteiger partial charge is 0.294 e. The monoisotopic (exact) mass is 622 g/mol. The van der Waals surface area contributed by atoms with Gasteiger partial charge in [-0.15, -0.1) is 0 Å². The molecular weight excluding hydrogens is 600 g/mol. The van der Waals surface area contributed by atoms with Gasteiger partial charge in [-0.1, -0.05) is 28.1 Å². The number of nitrogens with zero attached hydrogens (tertiary/aromatic N) is 2. The number of methoxy groups -OCH3 is 1. The first kappa shape index (κ1) is 25.8. The van der Waals surface area contributed by atoms with Gasteiger partial charge in [0, 0.05) is 17.6 Å². The van der Waals surface area contributed by atoms with Crippen molar-refractivity contribution < 1.29 is 23.9 Å². The van der Waals surface area contributed by atoms with Gasteiger partial charge in [0.2, 0.25) is 5.91 Å². The molecule has 2 aliphatic heterocycles. The normalized spacial score (nSPS) is 17.3. The molecule has 3 amide bonds. The van der Waals surface area contributed by atoms with Crippen LogP contribution >= 0.6 is 43.6 Å². The Balaban J connectivity index is 1.47. The number of imide groups is 1. The molecule has 0 spiro atoms. The summed E-state index contributed by atoms with van der Waals surface area (Å²) in [6.07, 6.45) is 4.63. The number of piperidine rings is 1. The van der Waals surface area contributed by atoms with Gasteiger partial charge in [-0.2, -0.15) is 0 Å². The molecule has 10 heteroatoms. The number of benzene rings is 2. The summed E-state index contributed by atoms with van der Waals surface area (Å²) in [6.45, 7) is 1.48. The highest BCUT2D eigenvalue weighted by Crippen LogP contribution is 2.39. The van der Waals surface area contributed by atoms with Gasteiger partial charge in [0.1, 0.15) is 13.2 Å². The number of hydrogen-bond acceptors (Lipinski definition) is 6. The molecule has 35 heavy (non-hydrogen) atoms. The third-order valence-corrected chi connectivity index (χ3v) is 7.75. The number of likely N-dealkylation sites (tertiary alicyclic amines) is 1. The maximum Gasteiger partial charge on any atom is 0.294 e. The predicted molar refractivity (Wildman–Crippen MR) is 142 cm³/mol. The fourth-order valence-electron chi connectivity index (χ4n) is 3.87. The van der Waals surface area contributed by atoms with Crippen molar-refractivity contribution >= 4 is 66.8 Å². The average molecular weight is 624 g/mol. The summed E-state index contributed by atoms with van der Waals surface area (Å²) < 4.78 is 13.1. The van der Waals surface area contributed by atoms with E-state index in [1.54, 1.807) is 23.1 Å². The van der Waals surface area contributed by atoms with Crippen molar-refractivity contribution in [2.45, 2.75) is 25.9 Å². The van der Waals surface area contributed by atoms with Crippen LogP contribution in [0.2, 0.25) is 0 Å². The van der Waals surface area contributed by atoms with Crippen molar-refractivity contribution in [2.24, 2.45) is 0 Å². The van der Waals surface area contributed by atoms with Gasteiger partial charge >= 0.3 is 0 Å². The third-order valence-electron chi connectivity index (χ3n) is 5.72. The van der Waals surface area contributed by atoms with Crippen LogP contribution in [0.5, 0.6) is 11.5 Å². The molecule has 2 aliphatic rings. The molecule has 0 saturated carbocycles. The minimum atomic E-state index is -0.462. The highest BCUT2D eigenvalue weighted by Gasteiger charge is 2.37. The standard InChI is InChI=1S/C25H24Br2N2O5S/c1-33-20-12-17(11-19(27)23(20)34-15-16-5-7-18(26)8-6-16)13-21-24(31)29(25(32)35-21)14-22(30)28-9-3-2-4-10-28/h5-8,11-13H,2-4,9-10,14-15H2,1H3/b21-13-. The molecule has 0 bridgehead atoms. The zero-order valence-electron chi connectivity index (χ0n) is 19.1. The van der Waals surface area contributed by atoms with Crippen molar-refractivity contribution in [1.29, 1.82) is 0 Å². The van der Waals surface area contributed by atoms with Crippen LogP contribution in [-0.2, 0) is 16.2 Å². The summed E-state index contributed by atoms with van der Waals surface area (Å²) in [5.41, 5.74) is 1.66. The molecule has 2 saturated heterocycles. The quantitative estimate of drug-likeness (QED) is 0.360. The Kier molecular flexibility index (Phi) is 8.56. The van der Waals surface area contributed by atoms with Crippen LogP contribution in [0.15, 0.2) is 50.2 Å². The Morgan fingerprint density at radius 1 is 1.09 bits per heavy atom. The minimum absolute atomic E-state index is 0.190. The fraction of sp³-hybridized carbons (Fsp3) is 0.320. The fourth-order valence-corrected chi connectivity index (χ4v) is 5.54. The van der Waals surface area contributed by atoms with E-state index in [1.165, 1.54) is 7.11 Å². The third kappa shape index (κ3) is 6.29. The van der Waals surface area contributed by atoms with Crippen molar-refractivity contribution in [3.63, 3.8) is 0 Å². The number of rotatable bonds is 7. The van der Waals surface area contributed by atoms with Gasteiger partial charge in [0.15, 0.2) is 11.5 Å². The van der Waals surface area contributed by atoms with Gasteiger partial charge < -0.3 is 14.4 Å². The largest absolute Gasteiger partial charge is 0.493 e. The van der Waals surface area contributed by atoms with Crippen molar-refractivity contribution in [2.75, 3.05) is 26.7 Å². The number of carbonyl (C=O) groups is 3. The second kappa shape index (κ2) is 11.6. The van der Waals surface area contributed by atoms with E-state index < -0.39 is 11.1 Å². The van der Waals surface area contributed by atoms with Crippen LogP contribution < -0.4 is 9.47 Å². The summed E-state index contributed by atoms with van der Waals surface area (Å²) in [5, 5.41) is -0.438. The van der Waals surface area contributed by atoms with Gasteiger partial charge in [-0.3, -0.25) is 19.3 Å². The van der Waals surface area contributed by atoms with Crippen LogP contribution in [0.25, 0.3) is 6.08 Å². The number of ether oxygens (including phenoxy) is 2.